The molecule has 0 aromatic heterocycles. The number of aldehydes is 1. The van der Waals surface area contributed by atoms with Gasteiger partial charge in [0.2, 0.25) is 0 Å². The van der Waals surface area contributed by atoms with E-state index in [1.165, 1.54) is 107 Å². The second-order valence-electron chi connectivity index (χ2n) is 9.91. The fourth-order valence-corrected chi connectivity index (χ4v) is 6.43. The summed E-state index contributed by atoms with van der Waals surface area (Å²) < 4.78 is 6.21. The highest BCUT2D eigenvalue weighted by atomic mass is 32.2. The highest BCUT2D eigenvalue weighted by molar-refractivity contribution is 8.00. The Morgan fingerprint density at radius 3 is 1.81 bits per heavy atom. The zero-order valence-corrected chi connectivity index (χ0v) is 20.4. The predicted molar refractivity (Wildman–Crippen MR) is 133 cm³/mol. The summed E-state index contributed by atoms with van der Waals surface area (Å²) in [6.07, 6.45) is 23.4. The molecule has 2 fully saturated rings. The van der Waals surface area contributed by atoms with E-state index in [2.05, 4.69) is 24.3 Å². The molecule has 174 valence electrons. The minimum atomic E-state index is 0.313. The monoisotopic (exact) mass is 444 g/mol. The minimum Gasteiger partial charge on any atom is -0.493 e. The molecule has 0 bridgehead atoms. The van der Waals surface area contributed by atoms with Gasteiger partial charge in [0, 0.05) is 16.1 Å². The normalized spacial score (nSPS) is 25.4. The van der Waals surface area contributed by atoms with E-state index in [0.717, 1.165) is 31.1 Å². The number of thioether (sulfide) groups is 1. The molecule has 31 heavy (non-hydrogen) atoms. The summed E-state index contributed by atoms with van der Waals surface area (Å²) in [7, 11) is 0. The summed E-state index contributed by atoms with van der Waals surface area (Å²) in [5, 5.41) is 0.711. The molecule has 0 N–H and O–H groups in total. The molecule has 0 atom stereocenters. The van der Waals surface area contributed by atoms with Gasteiger partial charge >= 0.3 is 0 Å². The summed E-state index contributed by atoms with van der Waals surface area (Å²) >= 11 is 2.05. The van der Waals surface area contributed by atoms with Gasteiger partial charge < -0.3 is 9.53 Å². The maximum absolute atomic E-state index is 11.1. The Morgan fingerprint density at radius 2 is 1.23 bits per heavy atom. The molecule has 0 saturated heterocycles. The number of hydrogen-bond acceptors (Lipinski definition) is 3. The number of rotatable bonds is 6. The van der Waals surface area contributed by atoms with Gasteiger partial charge in [-0.15, -0.1) is 11.8 Å². The van der Waals surface area contributed by atoms with Gasteiger partial charge in [0.25, 0.3) is 0 Å². The summed E-state index contributed by atoms with van der Waals surface area (Å²) in [6.45, 7) is 0.886. The van der Waals surface area contributed by atoms with Crippen molar-refractivity contribution in [2.45, 2.75) is 119 Å². The Balaban J connectivity index is 1.41. The van der Waals surface area contributed by atoms with Crippen LogP contribution in [0.3, 0.4) is 0 Å². The highest BCUT2D eigenvalue weighted by Gasteiger charge is 2.15. The van der Waals surface area contributed by atoms with Crippen LogP contribution in [0.5, 0.6) is 5.75 Å². The van der Waals surface area contributed by atoms with Gasteiger partial charge in [-0.2, -0.15) is 0 Å². The van der Waals surface area contributed by atoms with Crippen LogP contribution in [0.2, 0.25) is 0 Å². The largest absolute Gasteiger partial charge is 0.493 e. The zero-order valence-electron chi connectivity index (χ0n) is 19.6. The van der Waals surface area contributed by atoms with Crippen molar-refractivity contribution in [3.8, 4) is 5.75 Å². The average Bonchev–Trinajstić information content (AvgIpc) is 2.81. The average molecular weight is 445 g/mol. The third-order valence-corrected chi connectivity index (χ3v) is 8.58. The van der Waals surface area contributed by atoms with Gasteiger partial charge in [-0.05, 0) is 68.7 Å². The first-order valence-corrected chi connectivity index (χ1v) is 14.1. The first kappa shape index (κ1) is 24.7. The SMILES string of the molecule is O=CC1CCCCC(Sc2ccc(OCC3CCCCCCCCC3)cc2)CCCC1. The molecular formula is C28H44O2S. The van der Waals surface area contributed by atoms with Crippen LogP contribution in [-0.2, 0) is 4.79 Å². The third kappa shape index (κ3) is 10.0. The number of ether oxygens (including phenoxy) is 1. The lowest BCUT2D eigenvalue weighted by atomic mass is 9.93. The Bertz CT molecular complexity index is 578. The van der Waals surface area contributed by atoms with Crippen molar-refractivity contribution in [2.24, 2.45) is 11.8 Å². The molecule has 2 aliphatic rings. The molecule has 1 aromatic carbocycles. The van der Waals surface area contributed by atoms with Gasteiger partial charge in [0.05, 0.1) is 6.61 Å². The van der Waals surface area contributed by atoms with Crippen molar-refractivity contribution in [1.29, 1.82) is 0 Å². The summed E-state index contributed by atoms with van der Waals surface area (Å²) in [5.41, 5.74) is 0. The zero-order chi connectivity index (χ0) is 21.6. The van der Waals surface area contributed by atoms with E-state index < -0.39 is 0 Å². The Labute approximate surface area is 195 Å². The quantitative estimate of drug-likeness (QED) is 0.411. The smallest absolute Gasteiger partial charge is 0.123 e. The van der Waals surface area contributed by atoms with E-state index >= 15 is 0 Å². The van der Waals surface area contributed by atoms with Crippen LogP contribution < -0.4 is 4.74 Å². The number of benzene rings is 1. The fraction of sp³-hybridized carbons (Fsp3) is 0.750. The lowest BCUT2D eigenvalue weighted by molar-refractivity contribution is -0.111. The van der Waals surface area contributed by atoms with Crippen molar-refractivity contribution >= 4 is 18.0 Å². The van der Waals surface area contributed by atoms with Crippen LogP contribution in [0.15, 0.2) is 29.2 Å². The Hall–Kier alpha value is -0.960. The van der Waals surface area contributed by atoms with E-state index in [1.807, 2.05) is 11.8 Å². The van der Waals surface area contributed by atoms with Gasteiger partial charge in [-0.1, -0.05) is 70.6 Å². The summed E-state index contributed by atoms with van der Waals surface area (Å²) in [4.78, 5) is 12.5. The van der Waals surface area contributed by atoms with Crippen LogP contribution in [0.1, 0.15) is 109 Å². The molecule has 0 radical (unpaired) electrons. The topological polar surface area (TPSA) is 26.3 Å². The van der Waals surface area contributed by atoms with Crippen LogP contribution in [0, 0.1) is 11.8 Å². The van der Waals surface area contributed by atoms with Crippen molar-refractivity contribution in [1.82, 2.24) is 0 Å². The van der Waals surface area contributed by atoms with Crippen molar-refractivity contribution in [2.75, 3.05) is 6.61 Å². The molecule has 2 saturated carbocycles. The Kier molecular flexibility index (Phi) is 11.9. The predicted octanol–water partition coefficient (Wildman–Crippen LogP) is 8.62. The number of carbonyl (C=O) groups excluding carboxylic acids is 1. The minimum absolute atomic E-state index is 0.313. The fourth-order valence-electron chi connectivity index (χ4n) is 5.18. The van der Waals surface area contributed by atoms with E-state index in [1.54, 1.807) is 0 Å². The molecule has 2 aliphatic carbocycles. The van der Waals surface area contributed by atoms with E-state index in [-0.39, 0.29) is 0 Å². The third-order valence-electron chi connectivity index (χ3n) is 7.23. The lowest BCUT2D eigenvalue weighted by Gasteiger charge is -2.20. The van der Waals surface area contributed by atoms with Crippen LogP contribution in [0.4, 0.5) is 0 Å². The van der Waals surface area contributed by atoms with E-state index in [0.29, 0.717) is 11.2 Å². The molecular weight excluding hydrogens is 400 g/mol. The van der Waals surface area contributed by atoms with E-state index in [4.69, 9.17) is 4.74 Å². The molecule has 0 amide bonds. The molecule has 0 spiro atoms. The molecule has 0 heterocycles. The van der Waals surface area contributed by atoms with Crippen LogP contribution >= 0.6 is 11.8 Å². The Morgan fingerprint density at radius 1 is 0.710 bits per heavy atom. The van der Waals surface area contributed by atoms with Crippen LogP contribution in [0.25, 0.3) is 0 Å². The number of carbonyl (C=O) groups is 1. The first-order valence-electron chi connectivity index (χ1n) is 13.2. The van der Waals surface area contributed by atoms with Gasteiger partial charge in [0.15, 0.2) is 0 Å². The van der Waals surface area contributed by atoms with Gasteiger partial charge in [-0.3, -0.25) is 0 Å². The van der Waals surface area contributed by atoms with Crippen LogP contribution in [-0.4, -0.2) is 18.1 Å². The molecule has 0 aliphatic heterocycles. The lowest BCUT2D eigenvalue weighted by Crippen LogP contribution is -2.13. The maximum atomic E-state index is 11.1. The summed E-state index contributed by atoms with van der Waals surface area (Å²) in [5.74, 6) is 2.08. The second kappa shape index (κ2) is 15.0. The molecule has 2 nitrogen and oxygen atoms in total. The van der Waals surface area contributed by atoms with Crippen molar-refractivity contribution in [3.05, 3.63) is 24.3 Å². The molecule has 3 heteroatoms. The van der Waals surface area contributed by atoms with Gasteiger partial charge in [0.1, 0.15) is 12.0 Å². The van der Waals surface area contributed by atoms with Gasteiger partial charge in [-0.25, -0.2) is 0 Å². The molecule has 0 unspecified atom stereocenters. The first-order chi connectivity index (χ1) is 15.3. The summed E-state index contributed by atoms with van der Waals surface area (Å²) in [6, 6.07) is 8.87. The van der Waals surface area contributed by atoms with Crippen molar-refractivity contribution < 1.29 is 9.53 Å². The maximum Gasteiger partial charge on any atom is 0.123 e. The highest BCUT2D eigenvalue weighted by Crippen LogP contribution is 2.33. The second-order valence-corrected chi connectivity index (χ2v) is 11.3. The molecule has 1 aromatic rings. The van der Waals surface area contributed by atoms with E-state index in [9.17, 15) is 4.79 Å². The van der Waals surface area contributed by atoms with Crippen molar-refractivity contribution in [3.63, 3.8) is 0 Å². The number of hydrogen-bond donors (Lipinski definition) is 0. The molecule has 3 rings (SSSR count). The standard InChI is InChI=1S/C28H44O2S/c29-22-24-12-8-10-16-27(17-11-9-13-24)31-28-20-18-26(19-21-28)30-23-25-14-6-4-2-1-3-5-7-15-25/h18-22,24-25,27H,1-17,23H2.